The summed E-state index contributed by atoms with van der Waals surface area (Å²) in [4.78, 5) is 22.2. The number of carbonyl (C=O) groups is 1. The number of morpholine rings is 1. The second kappa shape index (κ2) is 7.96. The van der Waals surface area contributed by atoms with Crippen molar-refractivity contribution in [3.05, 3.63) is 24.5 Å². The van der Waals surface area contributed by atoms with Gasteiger partial charge in [0.15, 0.2) is 0 Å². The van der Waals surface area contributed by atoms with E-state index in [2.05, 4.69) is 37.6 Å². The Hall–Kier alpha value is -2.61. The van der Waals surface area contributed by atoms with Crippen LogP contribution in [0.4, 0.5) is 16.2 Å². The summed E-state index contributed by atoms with van der Waals surface area (Å²) >= 11 is 0. The Kier molecular flexibility index (Phi) is 5.24. The Bertz CT molecular complexity index is 801. The lowest BCUT2D eigenvalue weighted by Gasteiger charge is -2.31. The van der Waals surface area contributed by atoms with Gasteiger partial charge in [-0.2, -0.15) is 0 Å². The van der Waals surface area contributed by atoms with Crippen LogP contribution in [-0.2, 0) is 4.74 Å². The Morgan fingerprint density at radius 2 is 1.78 bits per heavy atom. The first-order valence-corrected chi connectivity index (χ1v) is 9.52. The molecule has 1 aromatic carbocycles. The van der Waals surface area contributed by atoms with Gasteiger partial charge in [0.2, 0.25) is 0 Å². The number of fused-ring (bicyclic) bond motifs is 1. The van der Waals surface area contributed by atoms with Crippen molar-refractivity contribution in [1.29, 1.82) is 0 Å². The number of benzene rings is 1. The molecular weight excluding hydrogens is 346 g/mol. The minimum atomic E-state index is -0.939. The molecule has 4 rings (SSSR count). The molecule has 144 valence electrons. The molecule has 0 unspecified atom stereocenters. The lowest BCUT2D eigenvalue weighted by atomic mass is 9.91. The van der Waals surface area contributed by atoms with E-state index in [9.17, 15) is 4.79 Å². The van der Waals surface area contributed by atoms with Crippen LogP contribution >= 0.6 is 0 Å². The molecule has 0 radical (unpaired) electrons. The number of rotatable bonds is 4. The Labute approximate surface area is 157 Å². The smallest absolute Gasteiger partial charge is 0.404 e. The molecule has 0 bridgehead atoms. The molecule has 1 aromatic heterocycles. The maximum absolute atomic E-state index is 10.8. The number of nitrogens with one attached hydrogen (secondary N) is 2. The van der Waals surface area contributed by atoms with Crippen LogP contribution in [0.5, 0.6) is 0 Å². The van der Waals surface area contributed by atoms with Crippen molar-refractivity contribution in [2.24, 2.45) is 0 Å². The number of ether oxygens (including phenoxy) is 1. The molecule has 8 nitrogen and oxygen atoms in total. The first-order chi connectivity index (χ1) is 13.2. The first-order valence-electron chi connectivity index (χ1n) is 9.52. The largest absolute Gasteiger partial charge is 0.465 e. The number of hydrogen-bond donors (Lipinski definition) is 3. The topological polar surface area (TPSA) is 99.6 Å². The van der Waals surface area contributed by atoms with Gasteiger partial charge in [-0.05, 0) is 37.8 Å². The van der Waals surface area contributed by atoms with Gasteiger partial charge in [-0.3, -0.25) is 9.97 Å². The molecule has 27 heavy (non-hydrogen) atoms. The zero-order chi connectivity index (χ0) is 18.6. The van der Waals surface area contributed by atoms with Crippen molar-refractivity contribution in [2.45, 2.75) is 37.8 Å². The van der Waals surface area contributed by atoms with Gasteiger partial charge in [0.05, 0.1) is 24.4 Å². The summed E-state index contributed by atoms with van der Waals surface area (Å²) in [6.07, 6.45) is 6.04. The number of anilines is 2. The van der Waals surface area contributed by atoms with E-state index in [4.69, 9.17) is 9.84 Å². The van der Waals surface area contributed by atoms with Gasteiger partial charge in [-0.25, -0.2) is 4.79 Å². The van der Waals surface area contributed by atoms with Gasteiger partial charge in [0.1, 0.15) is 5.52 Å². The molecule has 2 fully saturated rings. The van der Waals surface area contributed by atoms with Gasteiger partial charge in [-0.15, -0.1) is 0 Å². The molecule has 3 N–H and O–H groups in total. The minimum absolute atomic E-state index is 0.0526. The van der Waals surface area contributed by atoms with E-state index < -0.39 is 6.09 Å². The molecule has 2 aliphatic rings. The molecule has 1 aliphatic heterocycles. The molecule has 2 heterocycles. The molecule has 1 saturated carbocycles. The summed E-state index contributed by atoms with van der Waals surface area (Å²) in [7, 11) is 0. The van der Waals surface area contributed by atoms with Crippen LogP contribution in [0, 0.1) is 0 Å². The average molecular weight is 371 g/mol. The predicted octanol–water partition coefficient (Wildman–Crippen LogP) is 2.46. The number of hydrogen-bond acceptors (Lipinski definition) is 6. The van der Waals surface area contributed by atoms with Crippen molar-refractivity contribution < 1.29 is 14.6 Å². The molecule has 1 amide bonds. The van der Waals surface area contributed by atoms with Crippen LogP contribution in [-0.4, -0.2) is 59.6 Å². The van der Waals surface area contributed by atoms with Crippen LogP contribution in [0.25, 0.3) is 11.0 Å². The van der Waals surface area contributed by atoms with Crippen LogP contribution in [0.3, 0.4) is 0 Å². The SMILES string of the molecule is O=C(O)NC1CCC(Nc2cc(N3CCOCC3)cc3nccnc23)CC1. The van der Waals surface area contributed by atoms with Crippen LogP contribution in [0.1, 0.15) is 25.7 Å². The number of nitrogens with zero attached hydrogens (tertiary/aromatic N) is 3. The van der Waals surface area contributed by atoms with E-state index in [1.807, 2.05) is 0 Å². The highest BCUT2D eigenvalue weighted by Gasteiger charge is 2.23. The normalized spacial score (nSPS) is 23.2. The third-order valence-corrected chi connectivity index (χ3v) is 5.35. The van der Waals surface area contributed by atoms with Crippen molar-refractivity contribution in [3.63, 3.8) is 0 Å². The molecule has 2 aromatic rings. The highest BCUT2D eigenvalue weighted by molar-refractivity contribution is 5.91. The van der Waals surface area contributed by atoms with Crippen LogP contribution < -0.4 is 15.5 Å². The third-order valence-electron chi connectivity index (χ3n) is 5.35. The van der Waals surface area contributed by atoms with E-state index in [1.165, 1.54) is 0 Å². The van der Waals surface area contributed by atoms with Crippen molar-refractivity contribution in [1.82, 2.24) is 15.3 Å². The van der Waals surface area contributed by atoms with Gasteiger partial charge < -0.3 is 25.4 Å². The number of amides is 1. The van der Waals surface area contributed by atoms with Gasteiger partial charge in [0.25, 0.3) is 0 Å². The highest BCUT2D eigenvalue weighted by atomic mass is 16.5. The molecular formula is C19H25N5O3. The van der Waals surface area contributed by atoms with Gasteiger partial charge in [-0.1, -0.05) is 0 Å². The van der Waals surface area contributed by atoms with Gasteiger partial charge >= 0.3 is 6.09 Å². The van der Waals surface area contributed by atoms with Crippen LogP contribution in [0.2, 0.25) is 0 Å². The van der Waals surface area contributed by atoms with E-state index in [0.29, 0.717) is 6.04 Å². The summed E-state index contributed by atoms with van der Waals surface area (Å²) < 4.78 is 5.46. The van der Waals surface area contributed by atoms with Crippen molar-refractivity contribution >= 4 is 28.5 Å². The lowest BCUT2D eigenvalue weighted by molar-refractivity contribution is 0.122. The summed E-state index contributed by atoms with van der Waals surface area (Å²) in [6.45, 7) is 3.22. The van der Waals surface area contributed by atoms with Gasteiger partial charge in [0, 0.05) is 43.3 Å². The fourth-order valence-corrected chi connectivity index (χ4v) is 3.95. The van der Waals surface area contributed by atoms with E-state index >= 15 is 0 Å². The fraction of sp³-hybridized carbons (Fsp3) is 0.526. The Morgan fingerprint density at radius 1 is 1.07 bits per heavy atom. The fourth-order valence-electron chi connectivity index (χ4n) is 3.95. The zero-order valence-corrected chi connectivity index (χ0v) is 15.2. The quantitative estimate of drug-likeness (QED) is 0.759. The predicted molar refractivity (Wildman–Crippen MR) is 103 cm³/mol. The number of aromatic nitrogens is 2. The second-order valence-electron chi connectivity index (χ2n) is 7.16. The molecule has 0 spiro atoms. The first kappa shape index (κ1) is 17.8. The van der Waals surface area contributed by atoms with Crippen molar-refractivity contribution in [2.75, 3.05) is 36.5 Å². The monoisotopic (exact) mass is 371 g/mol. The number of carboxylic acid groups (broad SMARTS) is 1. The summed E-state index contributed by atoms with van der Waals surface area (Å²) in [5, 5.41) is 15.1. The molecule has 8 heteroatoms. The van der Waals surface area contributed by atoms with Crippen LogP contribution in [0.15, 0.2) is 24.5 Å². The maximum atomic E-state index is 10.8. The molecule has 1 aliphatic carbocycles. The third kappa shape index (κ3) is 4.21. The summed E-state index contributed by atoms with van der Waals surface area (Å²) in [5.41, 5.74) is 3.89. The highest BCUT2D eigenvalue weighted by Crippen LogP contribution is 2.30. The Balaban J connectivity index is 1.53. The van der Waals surface area contributed by atoms with E-state index in [-0.39, 0.29) is 6.04 Å². The van der Waals surface area contributed by atoms with E-state index in [0.717, 1.165) is 74.4 Å². The summed E-state index contributed by atoms with van der Waals surface area (Å²) in [5.74, 6) is 0. The molecule has 1 saturated heterocycles. The maximum Gasteiger partial charge on any atom is 0.404 e. The lowest BCUT2D eigenvalue weighted by Crippen LogP contribution is -2.39. The summed E-state index contributed by atoms with van der Waals surface area (Å²) in [6, 6.07) is 4.61. The standard InChI is InChI=1S/C19H25N5O3/c25-19(26)23-14-3-1-13(2-4-14)22-17-12-15(24-7-9-27-10-8-24)11-16-18(17)21-6-5-20-16/h5-6,11-14,22-23H,1-4,7-10H2,(H,25,26). The van der Waals surface area contributed by atoms with Crippen molar-refractivity contribution in [3.8, 4) is 0 Å². The minimum Gasteiger partial charge on any atom is -0.465 e. The second-order valence-corrected chi connectivity index (χ2v) is 7.16. The molecule has 0 atom stereocenters. The zero-order valence-electron chi connectivity index (χ0n) is 15.2. The average Bonchev–Trinajstić information content (AvgIpc) is 2.70. The Morgan fingerprint density at radius 3 is 2.52 bits per heavy atom. The van der Waals surface area contributed by atoms with E-state index in [1.54, 1.807) is 12.4 Å².